The third-order valence-electron chi connectivity index (χ3n) is 5.17. The minimum atomic E-state index is -1.48. The predicted molar refractivity (Wildman–Crippen MR) is 132 cm³/mol. The van der Waals surface area contributed by atoms with E-state index in [1.165, 1.54) is 0 Å². The van der Waals surface area contributed by atoms with E-state index in [4.69, 9.17) is 9.47 Å². The fourth-order valence-corrected chi connectivity index (χ4v) is 4.16. The van der Waals surface area contributed by atoms with Crippen molar-refractivity contribution in [2.45, 2.75) is 26.2 Å². The van der Waals surface area contributed by atoms with Crippen LogP contribution in [0, 0.1) is 11.5 Å². The SMILES string of the molecule is C[Si](C)(C)C#Cc1cccc(N(Cc2ccc3c(c2)OCCO3)c2ncnc3[nH]ncc23)c1. The van der Waals surface area contributed by atoms with E-state index in [1.54, 1.807) is 12.5 Å². The van der Waals surface area contributed by atoms with Crippen LogP contribution in [-0.4, -0.2) is 41.5 Å². The molecule has 0 fully saturated rings. The van der Waals surface area contributed by atoms with Gasteiger partial charge in [-0.05, 0) is 35.9 Å². The molecule has 3 heterocycles. The maximum atomic E-state index is 5.80. The summed E-state index contributed by atoms with van der Waals surface area (Å²) >= 11 is 0. The van der Waals surface area contributed by atoms with Crippen molar-refractivity contribution >= 4 is 30.6 Å². The lowest BCUT2D eigenvalue weighted by Crippen LogP contribution is -2.19. The van der Waals surface area contributed by atoms with E-state index in [1.807, 2.05) is 24.3 Å². The Hall–Kier alpha value is -3.83. The van der Waals surface area contributed by atoms with Crippen molar-refractivity contribution in [2.24, 2.45) is 0 Å². The van der Waals surface area contributed by atoms with Gasteiger partial charge in [0.05, 0.1) is 11.6 Å². The molecular weight excluding hydrogens is 430 g/mol. The molecule has 33 heavy (non-hydrogen) atoms. The molecule has 1 aliphatic rings. The molecule has 2 aromatic heterocycles. The summed E-state index contributed by atoms with van der Waals surface area (Å²) in [5, 5.41) is 7.96. The van der Waals surface area contributed by atoms with Crippen LogP contribution < -0.4 is 14.4 Å². The molecule has 7 nitrogen and oxygen atoms in total. The maximum Gasteiger partial charge on any atom is 0.161 e. The third-order valence-corrected chi connectivity index (χ3v) is 6.04. The first-order valence-corrected chi connectivity index (χ1v) is 14.4. The number of nitrogens with one attached hydrogen (secondary N) is 1. The van der Waals surface area contributed by atoms with Gasteiger partial charge in [-0.25, -0.2) is 9.97 Å². The molecule has 0 radical (unpaired) electrons. The summed E-state index contributed by atoms with van der Waals surface area (Å²) in [4.78, 5) is 11.1. The topological polar surface area (TPSA) is 76.2 Å². The van der Waals surface area contributed by atoms with Crippen LogP contribution in [0.15, 0.2) is 55.0 Å². The summed E-state index contributed by atoms with van der Waals surface area (Å²) in [7, 11) is -1.48. The van der Waals surface area contributed by atoms with Gasteiger partial charge >= 0.3 is 0 Å². The monoisotopic (exact) mass is 455 g/mol. The van der Waals surface area contributed by atoms with Gasteiger partial charge in [0.25, 0.3) is 0 Å². The minimum Gasteiger partial charge on any atom is -0.486 e. The molecule has 0 bridgehead atoms. The summed E-state index contributed by atoms with van der Waals surface area (Å²) in [5.74, 6) is 5.69. The highest BCUT2D eigenvalue weighted by atomic mass is 28.3. The van der Waals surface area contributed by atoms with E-state index in [2.05, 4.69) is 74.4 Å². The van der Waals surface area contributed by atoms with Crippen LogP contribution in [0.1, 0.15) is 11.1 Å². The third kappa shape index (κ3) is 4.68. The van der Waals surface area contributed by atoms with E-state index in [-0.39, 0.29) is 0 Å². The number of aromatic nitrogens is 4. The summed E-state index contributed by atoms with van der Waals surface area (Å²) in [5.41, 5.74) is 7.21. The largest absolute Gasteiger partial charge is 0.486 e. The minimum absolute atomic E-state index is 0.555. The number of hydrogen-bond acceptors (Lipinski definition) is 6. The second kappa shape index (κ2) is 8.60. The molecule has 0 unspecified atom stereocenters. The van der Waals surface area contributed by atoms with Crippen molar-refractivity contribution in [1.82, 2.24) is 20.2 Å². The molecule has 4 aromatic rings. The van der Waals surface area contributed by atoms with E-state index in [0.717, 1.165) is 39.5 Å². The highest BCUT2D eigenvalue weighted by Crippen LogP contribution is 2.34. The molecule has 0 amide bonds. The molecule has 0 saturated carbocycles. The van der Waals surface area contributed by atoms with Crippen LogP contribution >= 0.6 is 0 Å². The Balaban J connectivity index is 1.58. The molecule has 1 aliphatic heterocycles. The Morgan fingerprint density at radius 2 is 1.88 bits per heavy atom. The van der Waals surface area contributed by atoms with Crippen LogP contribution in [0.3, 0.4) is 0 Å². The van der Waals surface area contributed by atoms with E-state index < -0.39 is 8.07 Å². The Labute approximate surface area is 193 Å². The van der Waals surface area contributed by atoms with E-state index in [9.17, 15) is 0 Å². The van der Waals surface area contributed by atoms with Crippen molar-refractivity contribution in [3.63, 3.8) is 0 Å². The van der Waals surface area contributed by atoms with Crippen LogP contribution in [0.2, 0.25) is 19.6 Å². The number of anilines is 2. The zero-order chi connectivity index (χ0) is 22.8. The number of ether oxygens (including phenoxy) is 2. The molecule has 0 saturated heterocycles. The maximum absolute atomic E-state index is 5.80. The zero-order valence-corrected chi connectivity index (χ0v) is 19.9. The quantitative estimate of drug-likeness (QED) is 0.355. The van der Waals surface area contributed by atoms with E-state index >= 15 is 0 Å². The normalized spacial score (nSPS) is 12.8. The lowest BCUT2D eigenvalue weighted by Gasteiger charge is -2.26. The second-order valence-electron chi connectivity index (χ2n) is 8.94. The molecule has 0 spiro atoms. The van der Waals surface area contributed by atoms with Crippen molar-refractivity contribution in [3.05, 3.63) is 66.1 Å². The van der Waals surface area contributed by atoms with Crippen LogP contribution in [0.4, 0.5) is 11.5 Å². The van der Waals surface area contributed by atoms with Crippen molar-refractivity contribution in [3.8, 4) is 23.0 Å². The van der Waals surface area contributed by atoms with Crippen LogP contribution in [0.25, 0.3) is 11.0 Å². The summed E-state index contributed by atoms with van der Waals surface area (Å²) in [6, 6.07) is 14.3. The van der Waals surface area contributed by atoms with Gasteiger partial charge in [-0.3, -0.25) is 5.10 Å². The molecule has 5 rings (SSSR count). The first kappa shape index (κ1) is 21.0. The van der Waals surface area contributed by atoms with Crippen molar-refractivity contribution in [2.75, 3.05) is 18.1 Å². The number of aromatic amines is 1. The standard InChI is InChI=1S/C25H25N5O2Si/c1-33(2,3)12-9-18-5-4-6-20(13-18)30(25-21-15-28-29-24(21)26-17-27-25)16-19-7-8-22-23(14-19)32-11-10-31-22/h4-8,13-15,17H,10-11,16H2,1-3H3,(H,26,27,28,29). The molecule has 1 N–H and O–H groups in total. The number of nitrogens with zero attached hydrogens (tertiary/aromatic N) is 4. The fraction of sp³-hybridized carbons (Fsp3) is 0.240. The lowest BCUT2D eigenvalue weighted by atomic mass is 10.1. The Morgan fingerprint density at radius 1 is 1.03 bits per heavy atom. The van der Waals surface area contributed by atoms with Gasteiger partial charge in [0.2, 0.25) is 0 Å². The van der Waals surface area contributed by atoms with Crippen LogP contribution in [-0.2, 0) is 6.54 Å². The van der Waals surface area contributed by atoms with Gasteiger partial charge in [0.15, 0.2) is 17.1 Å². The molecule has 0 atom stereocenters. The summed E-state index contributed by atoms with van der Waals surface area (Å²) < 4.78 is 11.5. The highest BCUT2D eigenvalue weighted by molar-refractivity contribution is 6.83. The van der Waals surface area contributed by atoms with E-state index in [0.29, 0.717) is 25.4 Å². The molecule has 2 aromatic carbocycles. The van der Waals surface area contributed by atoms with Gasteiger partial charge in [-0.1, -0.05) is 37.7 Å². The Morgan fingerprint density at radius 3 is 2.73 bits per heavy atom. The first-order valence-electron chi connectivity index (χ1n) is 10.9. The summed E-state index contributed by atoms with van der Waals surface area (Å²) in [6.45, 7) is 8.44. The van der Waals surface area contributed by atoms with Gasteiger partial charge in [-0.15, -0.1) is 5.54 Å². The number of rotatable bonds is 4. The number of benzene rings is 2. The zero-order valence-electron chi connectivity index (χ0n) is 18.9. The van der Waals surface area contributed by atoms with Gasteiger partial charge in [0, 0.05) is 17.8 Å². The predicted octanol–water partition coefficient (Wildman–Crippen LogP) is 4.69. The number of H-pyrrole nitrogens is 1. The molecular formula is C25H25N5O2Si. The molecule has 0 aliphatic carbocycles. The van der Waals surface area contributed by atoms with Crippen molar-refractivity contribution in [1.29, 1.82) is 0 Å². The van der Waals surface area contributed by atoms with Gasteiger partial charge < -0.3 is 14.4 Å². The van der Waals surface area contributed by atoms with Crippen molar-refractivity contribution < 1.29 is 9.47 Å². The summed E-state index contributed by atoms with van der Waals surface area (Å²) in [6.07, 6.45) is 3.32. The van der Waals surface area contributed by atoms with Gasteiger partial charge in [-0.2, -0.15) is 5.10 Å². The van der Waals surface area contributed by atoms with Gasteiger partial charge in [0.1, 0.15) is 33.4 Å². The number of hydrogen-bond donors (Lipinski definition) is 1. The Bertz CT molecular complexity index is 1370. The average molecular weight is 456 g/mol. The number of fused-ring (bicyclic) bond motifs is 2. The van der Waals surface area contributed by atoms with Crippen LogP contribution in [0.5, 0.6) is 11.5 Å². The average Bonchev–Trinajstić information content (AvgIpc) is 3.30. The molecule has 8 heteroatoms. The smallest absolute Gasteiger partial charge is 0.161 e. The Kier molecular flexibility index (Phi) is 5.48. The second-order valence-corrected chi connectivity index (χ2v) is 13.7. The fourth-order valence-electron chi connectivity index (χ4n) is 3.64. The lowest BCUT2D eigenvalue weighted by molar-refractivity contribution is 0.171. The highest BCUT2D eigenvalue weighted by Gasteiger charge is 2.19. The first-order chi connectivity index (χ1) is 16.0. The molecule has 166 valence electrons.